The quantitative estimate of drug-likeness (QED) is 0.751. The molecule has 0 saturated heterocycles. The van der Waals surface area contributed by atoms with Crippen molar-refractivity contribution in [1.29, 1.82) is 0 Å². The molecule has 2 aromatic carbocycles. The van der Waals surface area contributed by atoms with Crippen molar-refractivity contribution in [2.75, 3.05) is 18.4 Å². The Hall–Kier alpha value is -2.72. The van der Waals surface area contributed by atoms with Crippen LogP contribution < -0.4 is 11.1 Å². The fraction of sp³-hybridized carbons (Fsp3) is 0.200. The molecule has 0 radical (unpaired) electrons. The van der Waals surface area contributed by atoms with E-state index in [9.17, 15) is 0 Å². The molecule has 0 saturated carbocycles. The first kappa shape index (κ1) is 16.1. The number of aromatic nitrogens is 2. The maximum absolute atomic E-state index is 5.62. The molecule has 3 aromatic rings. The van der Waals surface area contributed by atoms with Gasteiger partial charge in [-0.05, 0) is 19.9 Å². The third-order valence-corrected chi connectivity index (χ3v) is 3.85. The second-order valence-electron chi connectivity index (χ2n) is 5.91. The van der Waals surface area contributed by atoms with Crippen LogP contribution in [0.25, 0.3) is 22.6 Å². The first-order valence-corrected chi connectivity index (χ1v) is 8.12. The van der Waals surface area contributed by atoms with Gasteiger partial charge in [0.05, 0.1) is 17.6 Å². The minimum Gasteiger partial charge on any atom is -0.381 e. The molecule has 0 unspecified atom stereocenters. The molecule has 4 nitrogen and oxygen atoms in total. The Balaban J connectivity index is 2.08. The van der Waals surface area contributed by atoms with Gasteiger partial charge in [0.1, 0.15) is 0 Å². The van der Waals surface area contributed by atoms with Crippen LogP contribution in [-0.2, 0) is 0 Å². The molecule has 0 fully saturated rings. The molecule has 0 aliphatic heterocycles. The molecule has 1 heterocycles. The zero-order chi connectivity index (χ0) is 16.9. The predicted octanol–water partition coefficient (Wildman–Crippen LogP) is 3.80. The topological polar surface area (TPSA) is 63.8 Å². The van der Waals surface area contributed by atoms with Crippen LogP contribution >= 0.6 is 0 Å². The van der Waals surface area contributed by atoms with E-state index in [0.717, 1.165) is 28.3 Å². The van der Waals surface area contributed by atoms with Crippen molar-refractivity contribution in [1.82, 2.24) is 9.97 Å². The van der Waals surface area contributed by atoms with Crippen LogP contribution in [0.5, 0.6) is 0 Å². The summed E-state index contributed by atoms with van der Waals surface area (Å²) in [5.41, 5.74) is 11.9. The van der Waals surface area contributed by atoms with Crippen molar-refractivity contribution >= 4 is 5.69 Å². The van der Waals surface area contributed by atoms with E-state index in [-0.39, 0.29) is 0 Å². The van der Waals surface area contributed by atoms with Crippen LogP contribution in [-0.4, -0.2) is 23.1 Å². The molecule has 1 aromatic heterocycles. The van der Waals surface area contributed by atoms with Crippen LogP contribution in [0.1, 0.15) is 11.1 Å². The molecule has 3 rings (SSSR count). The third kappa shape index (κ3) is 3.60. The molecular weight excluding hydrogens is 296 g/mol. The largest absolute Gasteiger partial charge is 0.381 e. The van der Waals surface area contributed by atoms with Gasteiger partial charge in [-0.2, -0.15) is 0 Å². The number of anilines is 1. The van der Waals surface area contributed by atoms with Crippen molar-refractivity contribution in [3.63, 3.8) is 0 Å². The Morgan fingerprint density at radius 2 is 1.75 bits per heavy atom. The monoisotopic (exact) mass is 318 g/mol. The molecule has 24 heavy (non-hydrogen) atoms. The van der Waals surface area contributed by atoms with E-state index in [4.69, 9.17) is 10.7 Å². The Morgan fingerprint density at radius 3 is 2.46 bits per heavy atom. The number of aryl methyl sites for hydroxylation is 2. The van der Waals surface area contributed by atoms with Crippen molar-refractivity contribution < 1.29 is 0 Å². The number of rotatable bonds is 5. The highest BCUT2D eigenvalue weighted by molar-refractivity contribution is 5.76. The Bertz CT molecular complexity index is 825. The van der Waals surface area contributed by atoms with Gasteiger partial charge >= 0.3 is 0 Å². The maximum Gasteiger partial charge on any atom is 0.159 e. The van der Waals surface area contributed by atoms with Gasteiger partial charge in [0, 0.05) is 24.2 Å². The lowest BCUT2D eigenvalue weighted by atomic mass is 10.1. The molecule has 0 aliphatic rings. The summed E-state index contributed by atoms with van der Waals surface area (Å²) in [5.74, 6) is 0.729. The average molecular weight is 318 g/mol. The minimum atomic E-state index is 0.562. The summed E-state index contributed by atoms with van der Waals surface area (Å²) in [7, 11) is 0. The maximum atomic E-state index is 5.62. The van der Waals surface area contributed by atoms with Crippen molar-refractivity contribution in [2.24, 2.45) is 5.73 Å². The SMILES string of the molecule is Cc1ccc(-c2nc(-c3cccc(C)c3)ncc2NCCN)cc1. The summed E-state index contributed by atoms with van der Waals surface area (Å²) < 4.78 is 0. The molecule has 4 heteroatoms. The van der Waals surface area contributed by atoms with Crippen LogP contribution in [0.3, 0.4) is 0 Å². The predicted molar refractivity (Wildman–Crippen MR) is 99.9 cm³/mol. The van der Waals surface area contributed by atoms with E-state index in [1.54, 1.807) is 0 Å². The van der Waals surface area contributed by atoms with E-state index < -0.39 is 0 Å². The second-order valence-corrected chi connectivity index (χ2v) is 5.91. The lowest BCUT2D eigenvalue weighted by Gasteiger charge is -2.12. The van der Waals surface area contributed by atoms with Gasteiger partial charge in [-0.1, -0.05) is 53.6 Å². The van der Waals surface area contributed by atoms with Gasteiger partial charge in [0.15, 0.2) is 5.82 Å². The van der Waals surface area contributed by atoms with Crippen LogP contribution in [0, 0.1) is 13.8 Å². The molecule has 0 atom stereocenters. The zero-order valence-electron chi connectivity index (χ0n) is 14.1. The van der Waals surface area contributed by atoms with E-state index >= 15 is 0 Å². The minimum absolute atomic E-state index is 0.562. The van der Waals surface area contributed by atoms with Gasteiger partial charge in [-0.25, -0.2) is 9.97 Å². The zero-order valence-corrected chi connectivity index (χ0v) is 14.1. The summed E-state index contributed by atoms with van der Waals surface area (Å²) in [6.45, 7) is 5.40. The summed E-state index contributed by atoms with van der Waals surface area (Å²) in [6, 6.07) is 16.6. The normalized spacial score (nSPS) is 10.6. The van der Waals surface area contributed by atoms with E-state index in [1.165, 1.54) is 11.1 Å². The molecule has 122 valence electrons. The van der Waals surface area contributed by atoms with E-state index in [2.05, 4.69) is 60.5 Å². The summed E-state index contributed by atoms with van der Waals surface area (Å²) in [6.07, 6.45) is 1.84. The summed E-state index contributed by atoms with van der Waals surface area (Å²) in [4.78, 5) is 9.35. The Kier molecular flexibility index (Phi) is 4.87. The van der Waals surface area contributed by atoms with Gasteiger partial charge in [-0.3, -0.25) is 0 Å². The van der Waals surface area contributed by atoms with Gasteiger partial charge in [0.25, 0.3) is 0 Å². The molecule has 0 bridgehead atoms. The second kappa shape index (κ2) is 7.23. The number of hydrogen-bond donors (Lipinski definition) is 2. The van der Waals surface area contributed by atoms with Crippen molar-refractivity contribution in [3.8, 4) is 22.6 Å². The smallest absolute Gasteiger partial charge is 0.159 e. The van der Waals surface area contributed by atoms with Gasteiger partial charge < -0.3 is 11.1 Å². The van der Waals surface area contributed by atoms with Crippen molar-refractivity contribution in [3.05, 3.63) is 65.9 Å². The van der Waals surface area contributed by atoms with E-state index in [1.807, 2.05) is 18.3 Å². The highest BCUT2D eigenvalue weighted by Gasteiger charge is 2.11. The fourth-order valence-corrected chi connectivity index (χ4v) is 2.57. The Morgan fingerprint density at radius 1 is 0.958 bits per heavy atom. The third-order valence-electron chi connectivity index (χ3n) is 3.85. The molecule has 0 aliphatic carbocycles. The van der Waals surface area contributed by atoms with Crippen LogP contribution in [0.15, 0.2) is 54.7 Å². The van der Waals surface area contributed by atoms with Gasteiger partial charge in [-0.15, -0.1) is 0 Å². The first-order chi connectivity index (χ1) is 11.7. The Labute approximate surface area is 142 Å². The lowest BCUT2D eigenvalue weighted by Crippen LogP contribution is -2.14. The average Bonchev–Trinajstić information content (AvgIpc) is 2.60. The molecule has 0 amide bonds. The molecule has 0 spiro atoms. The standard InChI is InChI=1S/C20H22N4/c1-14-6-8-16(9-7-14)19-18(22-11-10-21)13-23-20(24-19)17-5-3-4-15(2)12-17/h3-9,12-13,22H,10-11,21H2,1-2H3. The number of nitrogens with one attached hydrogen (secondary N) is 1. The van der Waals surface area contributed by atoms with Crippen LogP contribution in [0.4, 0.5) is 5.69 Å². The highest BCUT2D eigenvalue weighted by atomic mass is 15.0. The number of nitrogens with two attached hydrogens (primary N) is 1. The van der Waals surface area contributed by atoms with Crippen molar-refractivity contribution in [2.45, 2.75) is 13.8 Å². The first-order valence-electron chi connectivity index (χ1n) is 8.12. The lowest BCUT2D eigenvalue weighted by molar-refractivity contribution is 1.02. The van der Waals surface area contributed by atoms with Gasteiger partial charge in [0.2, 0.25) is 0 Å². The van der Waals surface area contributed by atoms with E-state index in [0.29, 0.717) is 13.1 Å². The molecule has 3 N–H and O–H groups in total. The van der Waals surface area contributed by atoms with Crippen LogP contribution in [0.2, 0.25) is 0 Å². The number of benzene rings is 2. The summed E-state index contributed by atoms with van der Waals surface area (Å²) in [5, 5.41) is 3.32. The highest BCUT2D eigenvalue weighted by Crippen LogP contribution is 2.28. The fourth-order valence-electron chi connectivity index (χ4n) is 2.57. The molecular formula is C20H22N4. The number of nitrogens with zero attached hydrogens (tertiary/aromatic N) is 2. The summed E-state index contributed by atoms with van der Waals surface area (Å²) >= 11 is 0. The number of hydrogen-bond acceptors (Lipinski definition) is 4.